The molecule has 1 saturated carbocycles. The van der Waals surface area contributed by atoms with E-state index in [1.807, 2.05) is 7.05 Å². The van der Waals surface area contributed by atoms with Crippen LogP contribution in [0.25, 0.3) is 0 Å². The Hall–Kier alpha value is -1.22. The molecular weight excluding hydrogens is 340 g/mol. The van der Waals surface area contributed by atoms with Gasteiger partial charge in [-0.15, -0.1) is 0 Å². The first-order valence-electron chi connectivity index (χ1n) is 9.02. The van der Waals surface area contributed by atoms with Crippen molar-refractivity contribution < 1.29 is 13.2 Å². The van der Waals surface area contributed by atoms with Crippen LogP contribution in [0.5, 0.6) is 0 Å². The van der Waals surface area contributed by atoms with E-state index >= 15 is 0 Å². The molecule has 1 aromatic rings. The van der Waals surface area contributed by atoms with Gasteiger partial charge < -0.3 is 15.0 Å². The minimum atomic E-state index is -3.44. The fourth-order valence-corrected chi connectivity index (χ4v) is 4.11. The third kappa shape index (κ3) is 5.37. The lowest BCUT2D eigenvalue weighted by molar-refractivity contribution is 0.124. The van der Waals surface area contributed by atoms with Gasteiger partial charge in [0, 0.05) is 52.1 Å². The van der Waals surface area contributed by atoms with Crippen molar-refractivity contribution in [3.05, 3.63) is 18.3 Å². The van der Waals surface area contributed by atoms with Crippen LogP contribution >= 0.6 is 0 Å². The maximum Gasteiger partial charge on any atom is 0.244 e. The Kier molecular flexibility index (Phi) is 6.27. The molecule has 140 valence electrons. The van der Waals surface area contributed by atoms with E-state index in [2.05, 4.69) is 15.2 Å². The number of piperazine rings is 1. The largest absolute Gasteiger partial charge is 0.381 e. The van der Waals surface area contributed by atoms with Gasteiger partial charge in [-0.1, -0.05) is 0 Å². The molecule has 8 heteroatoms. The standard InChI is InChI=1S/C17H28N4O3S/c1-20-8-10-21(11-9-20)25(22,23)16-5-6-17(19-13-16)18-7-2-12-24-14-15-3-4-15/h5-6,13,15H,2-4,7-12,14H2,1H3,(H,18,19). The molecule has 1 N–H and O–H groups in total. The van der Waals surface area contributed by atoms with Gasteiger partial charge in [-0.2, -0.15) is 4.31 Å². The summed E-state index contributed by atoms with van der Waals surface area (Å²) in [5.74, 6) is 1.49. The van der Waals surface area contributed by atoms with Gasteiger partial charge in [0.25, 0.3) is 0 Å². The smallest absolute Gasteiger partial charge is 0.244 e. The number of nitrogens with one attached hydrogen (secondary N) is 1. The van der Waals surface area contributed by atoms with Gasteiger partial charge in [-0.3, -0.25) is 0 Å². The summed E-state index contributed by atoms with van der Waals surface area (Å²) in [4.78, 5) is 6.63. The van der Waals surface area contributed by atoms with E-state index < -0.39 is 10.0 Å². The summed E-state index contributed by atoms with van der Waals surface area (Å²) in [7, 11) is -1.44. The Labute approximate surface area is 150 Å². The lowest BCUT2D eigenvalue weighted by Crippen LogP contribution is -2.47. The minimum absolute atomic E-state index is 0.260. The average Bonchev–Trinajstić information content (AvgIpc) is 3.43. The van der Waals surface area contributed by atoms with Crippen LogP contribution in [0.4, 0.5) is 5.82 Å². The first-order valence-corrected chi connectivity index (χ1v) is 10.5. The third-order valence-corrected chi connectivity index (χ3v) is 6.54. The van der Waals surface area contributed by atoms with Crippen LogP contribution in [-0.2, 0) is 14.8 Å². The normalized spacial score (nSPS) is 19.9. The van der Waals surface area contributed by atoms with Crippen LogP contribution in [0.1, 0.15) is 19.3 Å². The molecule has 1 saturated heterocycles. The van der Waals surface area contributed by atoms with E-state index in [0.717, 1.165) is 45.2 Å². The number of sulfonamides is 1. The monoisotopic (exact) mass is 368 g/mol. The molecule has 2 aliphatic rings. The van der Waals surface area contributed by atoms with Crippen molar-refractivity contribution in [2.24, 2.45) is 5.92 Å². The van der Waals surface area contributed by atoms with E-state index in [1.165, 1.54) is 23.3 Å². The summed E-state index contributed by atoms with van der Waals surface area (Å²) in [6.07, 6.45) is 4.98. The lowest BCUT2D eigenvalue weighted by Gasteiger charge is -2.31. The highest BCUT2D eigenvalue weighted by Gasteiger charge is 2.27. The number of aromatic nitrogens is 1. The number of pyridine rings is 1. The number of rotatable bonds is 9. The van der Waals surface area contributed by atoms with E-state index in [1.54, 1.807) is 12.1 Å². The highest BCUT2D eigenvalue weighted by atomic mass is 32.2. The number of ether oxygens (including phenoxy) is 1. The molecule has 1 aromatic heterocycles. The number of anilines is 1. The Balaban J connectivity index is 1.44. The predicted octanol–water partition coefficient (Wildman–Crippen LogP) is 1.25. The number of likely N-dealkylation sites (N-methyl/N-ethyl adjacent to an activating group) is 1. The molecule has 1 aliphatic carbocycles. The number of hydrogen-bond donors (Lipinski definition) is 1. The van der Waals surface area contributed by atoms with Crippen molar-refractivity contribution in [1.29, 1.82) is 0 Å². The molecule has 0 spiro atoms. The molecule has 7 nitrogen and oxygen atoms in total. The zero-order valence-corrected chi connectivity index (χ0v) is 15.7. The minimum Gasteiger partial charge on any atom is -0.381 e. The first-order chi connectivity index (χ1) is 12.1. The molecule has 0 atom stereocenters. The summed E-state index contributed by atoms with van der Waals surface area (Å²) in [5.41, 5.74) is 0. The van der Waals surface area contributed by atoms with Crippen molar-refractivity contribution >= 4 is 15.8 Å². The summed E-state index contributed by atoms with van der Waals surface area (Å²) < 4.78 is 32.4. The molecule has 2 fully saturated rings. The summed E-state index contributed by atoms with van der Waals surface area (Å²) in [5, 5.41) is 3.21. The van der Waals surface area contributed by atoms with Crippen LogP contribution in [0.2, 0.25) is 0 Å². The SMILES string of the molecule is CN1CCN(S(=O)(=O)c2ccc(NCCCOCC3CC3)nc2)CC1. The van der Waals surface area contributed by atoms with Gasteiger partial charge in [-0.05, 0) is 44.4 Å². The molecule has 0 bridgehead atoms. The van der Waals surface area contributed by atoms with Gasteiger partial charge >= 0.3 is 0 Å². The first kappa shape index (κ1) is 18.6. The Morgan fingerprint density at radius 3 is 2.64 bits per heavy atom. The van der Waals surface area contributed by atoms with Crippen LogP contribution in [0.15, 0.2) is 23.2 Å². The van der Waals surface area contributed by atoms with E-state index in [-0.39, 0.29) is 4.90 Å². The van der Waals surface area contributed by atoms with Crippen LogP contribution in [0, 0.1) is 5.92 Å². The summed E-state index contributed by atoms with van der Waals surface area (Å²) in [6, 6.07) is 3.36. The molecule has 0 amide bonds. The van der Waals surface area contributed by atoms with Crippen molar-refractivity contribution in [1.82, 2.24) is 14.2 Å². The van der Waals surface area contributed by atoms with Crippen LogP contribution < -0.4 is 5.32 Å². The highest BCUT2D eigenvalue weighted by Crippen LogP contribution is 2.28. The molecular formula is C17H28N4O3S. The number of hydrogen-bond acceptors (Lipinski definition) is 6. The maximum absolute atomic E-state index is 12.6. The third-order valence-electron chi connectivity index (χ3n) is 4.66. The predicted molar refractivity (Wildman–Crippen MR) is 97.1 cm³/mol. The molecule has 25 heavy (non-hydrogen) atoms. The fourth-order valence-electron chi connectivity index (χ4n) is 2.74. The van der Waals surface area contributed by atoms with Gasteiger partial charge in [-0.25, -0.2) is 13.4 Å². The molecule has 0 radical (unpaired) electrons. The highest BCUT2D eigenvalue weighted by molar-refractivity contribution is 7.89. The zero-order valence-electron chi connectivity index (χ0n) is 14.9. The molecule has 0 unspecified atom stereocenters. The summed E-state index contributed by atoms with van der Waals surface area (Å²) in [6.45, 7) is 4.97. The zero-order chi connectivity index (χ0) is 17.7. The van der Waals surface area contributed by atoms with Crippen LogP contribution in [-0.4, -0.2) is 75.6 Å². The second-order valence-corrected chi connectivity index (χ2v) is 8.82. The quantitative estimate of drug-likeness (QED) is 0.661. The van der Waals surface area contributed by atoms with Gasteiger partial charge in [0.15, 0.2) is 0 Å². The lowest BCUT2D eigenvalue weighted by atomic mass is 10.4. The molecule has 3 rings (SSSR count). The van der Waals surface area contributed by atoms with E-state index in [9.17, 15) is 8.42 Å². The second-order valence-electron chi connectivity index (χ2n) is 6.89. The van der Waals surface area contributed by atoms with Crippen molar-refractivity contribution in [2.45, 2.75) is 24.2 Å². The Morgan fingerprint density at radius 2 is 2.00 bits per heavy atom. The molecule has 2 heterocycles. The van der Waals surface area contributed by atoms with Crippen molar-refractivity contribution in [2.75, 3.05) is 58.3 Å². The van der Waals surface area contributed by atoms with Crippen LogP contribution in [0.3, 0.4) is 0 Å². The van der Waals surface area contributed by atoms with Crippen molar-refractivity contribution in [3.63, 3.8) is 0 Å². The summed E-state index contributed by atoms with van der Waals surface area (Å²) >= 11 is 0. The van der Waals surface area contributed by atoms with Gasteiger partial charge in [0.05, 0.1) is 0 Å². The fraction of sp³-hybridized carbons (Fsp3) is 0.706. The van der Waals surface area contributed by atoms with E-state index in [4.69, 9.17) is 4.74 Å². The Bertz CT molecular complexity index is 638. The van der Waals surface area contributed by atoms with Gasteiger partial charge in [0.2, 0.25) is 10.0 Å². The molecule has 0 aromatic carbocycles. The second kappa shape index (κ2) is 8.44. The topological polar surface area (TPSA) is 74.8 Å². The molecule has 1 aliphatic heterocycles. The maximum atomic E-state index is 12.6. The van der Waals surface area contributed by atoms with Gasteiger partial charge in [0.1, 0.15) is 10.7 Å². The Morgan fingerprint density at radius 1 is 1.24 bits per heavy atom. The van der Waals surface area contributed by atoms with Crippen molar-refractivity contribution in [3.8, 4) is 0 Å². The number of nitrogens with zero attached hydrogens (tertiary/aromatic N) is 3. The van der Waals surface area contributed by atoms with E-state index in [0.29, 0.717) is 18.9 Å². The average molecular weight is 369 g/mol.